The van der Waals surface area contributed by atoms with Crippen LogP contribution in [-0.4, -0.2) is 23.3 Å². The van der Waals surface area contributed by atoms with Crippen LogP contribution in [0.2, 0.25) is 5.02 Å². The summed E-state index contributed by atoms with van der Waals surface area (Å²) in [6, 6.07) is 23.8. The van der Waals surface area contributed by atoms with E-state index in [-0.39, 0.29) is 23.8 Å². The van der Waals surface area contributed by atoms with Crippen molar-refractivity contribution in [2.75, 3.05) is 6.54 Å². The summed E-state index contributed by atoms with van der Waals surface area (Å²) in [7, 11) is 0. The number of benzene rings is 3. The standard InChI is InChI=1S/C26H23ClN2O2/c27-19-12-9-17(10-13-19)15-29-16-18(11-14-24(29)30)26(31)28-25-22-7-3-1-5-20(22)21-6-2-4-8-23(21)25/h1-10,12-13,18,25H,11,14-16H2,(H,28,31). The highest BCUT2D eigenvalue weighted by Crippen LogP contribution is 2.43. The molecule has 31 heavy (non-hydrogen) atoms. The maximum absolute atomic E-state index is 13.3. The van der Waals surface area contributed by atoms with E-state index < -0.39 is 0 Å². The highest BCUT2D eigenvalue weighted by molar-refractivity contribution is 6.30. The number of likely N-dealkylation sites (tertiary alicyclic amines) is 1. The van der Waals surface area contributed by atoms with Crippen LogP contribution < -0.4 is 5.32 Å². The number of amides is 2. The lowest BCUT2D eigenvalue weighted by molar-refractivity contribution is -0.139. The van der Waals surface area contributed by atoms with Crippen LogP contribution in [0.15, 0.2) is 72.8 Å². The average Bonchev–Trinajstić information content (AvgIpc) is 3.11. The maximum Gasteiger partial charge on any atom is 0.225 e. The Balaban J connectivity index is 1.32. The average molecular weight is 431 g/mol. The fourth-order valence-corrected chi connectivity index (χ4v) is 4.79. The van der Waals surface area contributed by atoms with Crippen molar-refractivity contribution in [1.82, 2.24) is 10.2 Å². The van der Waals surface area contributed by atoms with Gasteiger partial charge in [-0.25, -0.2) is 0 Å². The lowest BCUT2D eigenvalue weighted by atomic mass is 9.95. The van der Waals surface area contributed by atoms with Gasteiger partial charge < -0.3 is 10.2 Å². The normalized spacial score (nSPS) is 17.9. The first-order chi connectivity index (χ1) is 15.1. The van der Waals surface area contributed by atoms with Crippen LogP contribution in [0.4, 0.5) is 0 Å². The summed E-state index contributed by atoms with van der Waals surface area (Å²) in [5.41, 5.74) is 5.61. The van der Waals surface area contributed by atoms with Crippen molar-refractivity contribution in [3.63, 3.8) is 0 Å². The van der Waals surface area contributed by atoms with E-state index in [1.807, 2.05) is 48.5 Å². The summed E-state index contributed by atoms with van der Waals surface area (Å²) in [6.07, 6.45) is 0.974. The molecule has 0 bridgehead atoms. The summed E-state index contributed by atoms with van der Waals surface area (Å²) >= 11 is 5.97. The predicted octanol–water partition coefficient (Wildman–Crippen LogP) is 4.96. The van der Waals surface area contributed by atoms with Gasteiger partial charge in [0.25, 0.3) is 0 Å². The number of carbonyl (C=O) groups excluding carboxylic acids is 2. The van der Waals surface area contributed by atoms with Crippen molar-refractivity contribution in [1.29, 1.82) is 0 Å². The fraction of sp³-hybridized carbons (Fsp3) is 0.231. The largest absolute Gasteiger partial charge is 0.345 e. The molecule has 0 radical (unpaired) electrons. The van der Waals surface area contributed by atoms with Crippen molar-refractivity contribution in [3.05, 3.63) is 94.5 Å². The van der Waals surface area contributed by atoms with E-state index in [9.17, 15) is 9.59 Å². The Bertz CT molecular complexity index is 1100. The number of nitrogens with one attached hydrogen (secondary N) is 1. The molecule has 4 nitrogen and oxygen atoms in total. The maximum atomic E-state index is 13.3. The van der Waals surface area contributed by atoms with Crippen molar-refractivity contribution in [2.24, 2.45) is 5.92 Å². The first kappa shape index (κ1) is 19.8. The summed E-state index contributed by atoms with van der Waals surface area (Å²) in [5, 5.41) is 3.94. The van der Waals surface area contributed by atoms with Crippen molar-refractivity contribution >= 4 is 23.4 Å². The molecule has 1 aliphatic carbocycles. The van der Waals surface area contributed by atoms with Crippen molar-refractivity contribution in [3.8, 4) is 11.1 Å². The highest BCUT2D eigenvalue weighted by atomic mass is 35.5. The van der Waals surface area contributed by atoms with Gasteiger partial charge in [0.05, 0.1) is 12.0 Å². The van der Waals surface area contributed by atoms with Crippen LogP contribution in [0.5, 0.6) is 0 Å². The molecule has 3 aromatic rings. The number of halogens is 1. The zero-order valence-electron chi connectivity index (χ0n) is 17.1. The van der Waals surface area contributed by atoms with E-state index in [0.29, 0.717) is 31.0 Å². The van der Waals surface area contributed by atoms with Crippen LogP contribution in [0.1, 0.15) is 35.6 Å². The first-order valence-electron chi connectivity index (χ1n) is 10.6. The zero-order valence-corrected chi connectivity index (χ0v) is 17.8. The number of carbonyl (C=O) groups is 2. The van der Waals surface area contributed by atoms with Gasteiger partial charge in [0, 0.05) is 24.5 Å². The molecule has 0 aromatic heterocycles. The van der Waals surface area contributed by atoms with Gasteiger partial charge in [-0.15, -0.1) is 0 Å². The molecule has 5 rings (SSSR count). The van der Waals surface area contributed by atoms with Crippen molar-refractivity contribution in [2.45, 2.75) is 25.4 Å². The molecule has 1 aliphatic heterocycles. The quantitative estimate of drug-likeness (QED) is 0.635. The smallest absolute Gasteiger partial charge is 0.225 e. The Kier molecular flexibility index (Phi) is 5.24. The van der Waals surface area contributed by atoms with Gasteiger partial charge in [0.2, 0.25) is 11.8 Å². The third-order valence-electron chi connectivity index (χ3n) is 6.28. The molecule has 1 atom stereocenters. The minimum Gasteiger partial charge on any atom is -0.345 e. The van der Waals surface area contributed by atoms with Gasteiger partial charge in [-0.1, -0.05) is 72.3 Å². The SMILES string of the molecule is O=C(NC1c2ccccc2-c2ccccc21)C1CCC(=O)N(Cc2ccc(Cl)cc2)C1. The zero-order chi connectivity index (χ0) is 21.4. The number of fused-ring (bicyclic) bond motifs is 3. The Hall–Kier alpha value is -3.11. The van der Waals surface area contributed by atoms with Crippen LogP contribution >= 0.6 is 11.6 Å². The molecule has 0 saturated carbocycles. The Morgan fingerprint density at radius 1 is 0.935 bits per heavy atom. The highest BCUT2D eigenvalue weighted by Gasteiger charge is 2.34. The Labute approximate surface area is 186 Å². The minimum atomic E-state index is -0.218. The van der Waals surface area contributed by atoms with Gasteiger partial charge in [0.1, 0.15) is 0 Å². The van der Waals surface area contributed by atoms with E-state index in [2.05, 4.69) is 29.6 Å². The fourth-order valence-electron chi connectivity index (χ4n) is 4.66. The monoisotopic (exact) mass is 430 g/mol. The molecular formula is C26H23ClN2O2. The molecule has 156 valence electrons. The second-order valence-electron chi connectivity index (χ2n) is 8.25. The summed E-state index contributed by atoms with van der Waals surface area (Å²) in [5.74, 6) is -0.120. The molecule has 1 saturated heterocycles. The summed E-state index contributed by atoms with van der Waals surface area (Å²) < 4.78 is 0. The molecule has 2 aliphatic rings. The lowest BCUT2D eigenvalue weighted by Crippen LogP contribution is -2.46. The predicted molar refractivity (Wildman–Crippen MR) is 121 cm³/mol. The van der Waals surface area contributed by atoms with Crippen LogP contribution in [0.25, 0.3) is 11.1 Å². The molecule has 5 heteroatoms. The second-order valence-corrected chi connectivity index (χ2v) is 8.69. The molecular weight excluding hydrogens is 408 g/mol. The van der Waals surface area contributed by atoms with Crippen molar-refractivity contribution < 1.29 is 9.59 Å². The number of hydrogen-bond donors (Lipinski definition) is 1. The second kappa shape index (κ2) is 8.20. The van der Waals surface area contributed by atoms with Gasteiger partial charge >= 0.3 is 0 Å². The Morgan fingerprint density at radius 3 is 2.19 bits per heavy atom. The minimum absolute atomic E-state index is 0.00473. The topological polar surface area (TPSA) is 49.4 Å². The summed E-state index contributed by atoms with van der Waals surface area (Å²) in [4.78, 5) is 27.5. The van der Waals surface area contributed by atoms with E-state index in [4.69, 9.17) is 11.6 Å². The van der Waals surface area contributed by atoms with Gasteiger partial charge in [-0.2, -0.15) is 0 Å². The molecule has 3 aromatic carbocycles. The van der Waals surface area contributed by atoms with E-state index >= 15 is 0 Å². The third-order valence-corrected chi connectivity index (χ3v) is 6.53. The van der Waals surface area contributed by atoms with Gasteiger partial charge in [-0.3, -0.25) is 9.59 Å². The number of piperidine rings is 1. The van der Waals surface area contributed by atoms with Crippen LogP contribution in [0.3, 0.4) is 0 Å². The molecule has 1 fully saturated rings. The molecule has 1 N–H and O–H groups in total. The number of nitrogens with zero attached hydrogens (tertiary/aromatic N) is 1. The van der Waals surface area contributed by atoms with E-state index in [1.54, 1.807) is 4.90 Å². The van der Waals surface area contributed by atoms with E-state index in [1.165, 1.54) is 11.1 Å². The summed E-state index contributed by atoms with van der Waals surface area (Å²) in [6.45, 7) is 0.929. The van der Waals surface area contributed by atoms with Gasteiger partial charge in [-0.05, 0) is 46.4 Å². The molecule has 2 amide bonds. The number of rotatable bonds is 4. The lowest BCUT2D eigenvalue weighted by Gasteiger charge is -2.32. The first-order valence-corrected chi connectivity index (χ1v) is 11.0. The Morgan fingerprint density at radius 2 is 1.55 bits per heavy atom. The number of hydrogen-bond acceptors (Lipinski definition) is 2. The molecule has 0 spiro atoms. The molecule has 1 heterocycles. The third kappa shape index (κ3) is 3.84. The van der Waals surface area contributed by atoms with Crippen LogP contribution in [-0.2, 0) is 16.1 Å². The van der Waals surface area contributed by atoms with Gasteiger partial charge in [0.15, 0.2) is 0 Å². The van der Waals surface area contributed by atoms with Crippen LogP contribution in [0, 0.1) is 5.92 Å². The van der Waals surface area contributed by atoms with E-state index in [0.717, 1.165) is 16.7 Å². The molecule has 1 unspecified atom stereocenters.